The monoisotopic (exact) mass is 253 g/mol. The number of nitro benzene ring substituents is 1. The van der Waals surface area contributed by atoms with Crippen LogP contribution in [0, 0.1) is 21.4 Å². The second-order valence-corrected chi connectivity index (χ2v) is 3.99. The normalized spacial score (nSPS) is 16.1. The van der Waals surface area contributed by atoms with Crippen LogP contribution in [0.3, 0.4) is 0 Å². The Labute approximate surface area is 110 Å². The molecule has 0 bridgehead atoms. The third-order valence-corrected chi connectivity index (χ3v) is 2.79. The number of benzene rings is 1. The fourth-order valence-electron chi connectivity index (χ4n) is 1.80. The first-order chi connectivity index (χ1) is 9.13. The number of nitriles is 1. The topological polar surface area (TPSA) is 70.2 Å². The number of nitro groups is 1. The van der Waals surface area contributed by atoms with Crippen LogP contribution >= 0.6 is 0 Å². The SMILES string of the molecule is CN1C=CC=C/C1=C(/C#N)c1ccc([N+](=O)[O-])cc1. The highest BCUT2D eigenvalue weighted by Crippen LogP contribution is 2.24. The number of likely N-dealkylation sites (N-methyl/N-ethyl adjacent to an activating group) is 1. The van der Waals surface area contributed by atoms with Gasteiger partial charge in [-0.2, -0.15) is 5.26 Å². The van der Waals surface area contributed by atoms with Gasteiger partial charge in [-0.3, -0.25) is 10.1 Å². The zero-order valence-corrected chi connectivity index (χ0v) is 10.3. The van der Waals surface area contributed by atoms with Crippen LogP contribution in [0.1, 0.15) is 5.56 Å². The molecular weight excluding hydrogens is 242 g/mol. The van der Waals surface area contributed by atoms with Crippen LogP contribution < -0.4 is 0 Å². The van der Waals surface area contributed by atoms with Crippen LogP contribution in [0.5, 0.6) is 0 Å². The Kier molecular flexibility index (Phi) is 3.44. The number of hydrogen-bond acceptors (Lipinski definition) is 4. The summed E-state index contributed by atoms with van der Waals surface area (Å²) in [6, 6.07) is 8.12. The molecule has 0 fully saturated rings. The minimum atomic E-state index is -0.460. The average Bonchev–Trinajstić information content (AvgIpc) is 2.42. The van der Waals surface area contributed by atoms with Crippen LogP contribution in [-0.2, 0) is 0 Å². The quantitative estimate of drug-likeness (QED) is 0.461. The van der Waals surface area contributed by atoms with Gasteiger partial charge in [0, 0.05) is 25.4 Å². The molecular formula is C14H11N3O2. The van der Waals surface area contributed by atoms with E-state index in [1.807, 2.05) is 36.4 Å². The third kappa shape index (κ3) is 2.53. The smallest absolute Gasteiger partial charge is 0.269 e. The van der Waals surface area contributed by atoms with Gasteiger partial charge in [-0.1, -0.05) is 6.08 Å². The van der Waals surface area contributed by atoms with Gasteiger partial charge >= 0.3 is 0 Å². The van der Waals surface area contributed by atoms with E-state index in [4.69, 9.17) is 0 Å². The van der Waals surface area contributed by atoms with E-state index in [1.54, 1.807) is 12.1 Å². The molecule has 0 atom stereocenters. The second kappa shape index (κ2) is 5.19. The molecule has 1 aromatic carbocycles. The molecule has 0 N–H and O–H groups in total. The zero-order valence-electron chi connectivity index (χ0n) is 10.3. The third-order valence-electron chi connectivity index (χ3n) is 2.79. The van der Waals surface area contributed by atoms with Gasteiger partial charge in [-0.05, 0) is 29.8 Å². The van der Waals surface area contributed by atoms with Crippen LogP contribution in [0.4, 0.5) is 5.69 Å². The molecule has 1 heterocycles. The van der Waals surface area contributed by atoms with E-state index in [9.17, 15) is 15.4 Å². The summed E-state index contributed by atoms with van der Waals surface area (Å²) in [5.41, 5.74) is 1.92. The summed E-state index contributed by atoms with van der Waals surface area (Å²) < 4.78 is 0. The van der Waals surface area contributed by atoms with Crippen molar-refractivity contribution in [2.75, 3.05) is 7.05 Å². The lowest BCUT2D eigenvalue weighted by Gasteiger charge is -2.19. The van der Waals surface area contributed by atoms with Crippen molar-refractivity contribution in [3.63, 3.8) is 0 Å². The van der Waals surface area contributed by atoms with E-state index < -0.39 is 4.92 Å². The van der Waals surface area contributed by atoms with Gasteiger partial charge in [0.1, 0.15) is 6.07 Å². The highest BCUT2D eigenvalue weighted by Gasteiger charge is 2.13. The fourth-order valence-corrected chi connectivity index (χ4v) is 1.80. The fraction of sp³-hybridized carbons (Fsp3) is 0.0714. The van der Waals surface area contributed by atoms with E-state index in [0.29, 0.717) is 11.1 Å². The molecule has 19 heavy (non-hydrogen) atoms. The van der Waals surface area contributed by atoms with Gasteiger partial charge in [0.05, 0.1) is 16.2 Å². The average molecular weight is 253 g/mol. The molecule has 0 saturated heterocycles. The number of hydrogen-bond donors (Lipinski definition) is 0. The minimum Gasteiger partial charge on any atom is -0.350 e. The first kappa shape index (κ1) is 12.6. The highest BCUT2D eigenvalue weighted by molar-refractivity contribution is 5.81. The van der Waals surface area contributed by atoms with E-state index in [-0.39, 0.29) is 5.69 Å². The lowest BCUT2D eigenvalue weighted by atomic mass is 10.0. The summed E-state index contributed by atoms with van der Waals surface area (Å²) in [6.45, 7) is 0. The minimum absolute atomic E-state index is 0.0125. The van der Waals surface area contributed by atoms with E-state index >= 15 is 0 Å². The first-order valence-corrected chi connectivity index (χ1v) is 5.60. The molecule has 0 amide bonds. The van der Waals surface area contributed by atoms with Crippen molar-refractivity contribution in [3.8, 4) is 6.07 Å². The van der Waals surface area contributed by atoms with Crippen molar-refractivity contribution in [3.05, 3.63) is 70.1 Å². The maximum Gasteiger partial charge on any atom is 0.269 e. The van der Waals surface area contributed by atoms with Crippen molar-refractivity contribution >= 4 is 11.3 Å². The highest BCUT2D eigenvalue weighted by atomic mass is 16.6. The molecule has 0 aliphatic carbocycles. The molecule has 2 rings (SSSR count). The van der Waals surface area contributed by atoms with Crippen LogP contribution in [0.15, 0.2) is 54.4 Å². The van der Waals surface area contributed by atoms with E-state index in [2.05, 4.69) is 6.07 Å². The Morgan fingerprint density at radius 2 is 2.00 bits per heavy atom. The molecule has 1 aliphatic rings. The van der Waals surface area contributed by atoms with Crippen molar-refractivity contribution in [2.45, 2.75) is 0 Å². The predicted octanol–water partition coefficient (Wildman–Crippen LogP) is 2.84. The van der Waals surface area contributed by atoms with Gasteiger partial charge < -0.3 is 4.90 Å². The Morgan fingerprint density at radius 3 is 2.53 bits per heavy atom. The Bertz CT molecular complexity index is 634. The van der Waals surface area contributed by atoms with Gasteiger partial charge in [0.15, 0.2) is 0 Å². The summed E-state index contributed by atoms with van der Waals surface area (Å²) in [7, 11) is 1.85. The van der Waals surface area contributed by atoms with Crippen molar-refractivity contribution < 1.29 is 4.92 Å². The maximum atomic E-state index is 10.6. The number of allylic oxidation sites excluding steroid dienone is 4. The Morgan fingerprint density at radius 1 is 1.32 bits per heavy atom. The first-order valence-electron chi connectivity index (χ1n) is 5.60. The number of non-ortho nitro benzene ring substituents is 1. The second-order valence-electron chi connectivity index (χ2n) is 3.99. The number of nitrogens with zero attached hydrogens (tertiary/aromatic N) is 3. The predicted molar refractivity (Wildman–Crippen MR) is 71.7 cm³/mol. The Balaban J connectivity index is 2.46. The van der Waals surface area contributed by atoms with Crippen molar-refractivity contribution in [1.29, 1.82) is 5.26 Å². The molecule has 1 aliphatic heterocycles. The lowest BCUT2D eigenvalue weighted by molar-refractivity contribution is -0.384. The van der Waals surface area contributed by atoms with Crippen molar-refractivity contribution in [1.82, 2.24) is 4.90 Å². The van der Waals surface area contributed by atoms with E-state index in [0.717, 1.165) is 5.70 Å². The molecule has 0 saturated carbocycles. The summed E-state index contributed by atoms with van der Waals surface area (Å²) in [5, 5.41) is 19.9. The molecule has 0 aromatic heterocycles. The van der Waals surface area contributed by atoms with Crippen molar-refractivity contribution in [2.24, 2.45) is 0 Å². The van der Waals surface area contributed by atoms with E-state index in [1.165, 1.54) is 12.1 Å². The molecule has 5 heteroatoms. The standard InChI is InChI=1S/C14H11N3O2/c1-16-9-3-2-4-14(16)13(10-15)11-5-7-12(8-6-11)17(18)19/h2-9H,1H3/b14-13+. The van der Waals surface area contributed by atoms with Gasteiger partial charge in [-0.25, -0.2) is 0 Å². The van der Waals surface area contributed by atoms with Crippen LogP contribution in [-0.4, -0.2) is 16.9 Å². The number of rotatable bonds is 2. The largest absolute Gasteiger partial charge is 0.350 e. The van der Waals surface area contributed by atoms with Crippen LogP contribution in [0.25, 0.3) is 5.57 Å². The van der Waals surface area contributed by atoms with Gasteiger partial charge in [0.25, 0.3) is 5.69 Å². The molecule has 0 unspecified atom stereocenters. The molecule has 0 spiro atoms. The molecule has 94 valence electrons. The maximum absolute atomic E-state index is 10.6. The van der Waals surface area contributed by atoms with Crippen LogP contribution in [0.2, 0.25) is 0 Å². The summed E-state index contributed by atoms with van der Waals surface area (Å²) in [5.74, 6) is 0. The summed E-state index contributed by atoms with van der Waals surface area (Å²) in [6.07, 6.45) is 7.39. The molecule has 1 aromatic rings. The zero-order chi connectivity index (χ0) is 13.8. The lowest BCUT2D eigenvalue weighted by Crippen LogP contribution is -2.12. The molecule has 0 radical (unpaired) electrons. The summed E-state index contributed by atoms with van der Waals surface area (Å²) in [4.78, 5) is 12.0. The van der Waals surface area contributed by atoms with Gasteiger partial charge in [-0.15, -0.1) is 0 Å². The molecule has 5 nitrogen and oxygen atoms in total. The Hall–Kier alpha value is -2.87. The van der Waals surface area contributed by atoms with Gasteiger partial charge in [0.2, 0.25) is 0 Å². The summed E-state index contributed by atoms with van der Waals surface area (Å²) >= 11 is 0.